The normalized spacial score (nSPS) is 22.0. The van der Waals surface area contributed by atoms with Crippen LogP contribution in [0.5, 0.6) is 28.7 Å². The van der Waals surface area contributed by atoms with Crippen LogP contribution in [0.3, 0.4) is 0 Å². The summed E-state index contributed by atoms with van der Waals surface area (Å²) in [6.07, 6.45) is 29.6. The molecule has 0 aliphatic heterocycles. The highest BCUT2D eigenvalue weighted by molar-refractivity contribution is 5.96. The minimum Gasteiger partial charge on any atom is -0.487 e. The molecule has 9 aliphatic carbocycles. The Morgan fingerprint density at radius 1 is 0.297 bits per heavy atom. The van der Waals surface area contributed by atoms with E-state index in [0.717, 1.165) is 62.2 Å². The maximum Gasteiger partial charge on any atom is 0.253 e. The Morgan fingerprint density at radius 3 is 0.672 bits per heavy atom. The van der Waals surface area contributed by atoms with E-state index in [0.29, 0.717) is 138 Å². The molecule has 0 unspecified atom stereocenters. The zero-order valence-electron chi connectivity index (χ0n) is 69.7. The number of benzene rings is 5. The van der Waals surface area contributed by atoms with Gasteiger partial charge in [-0.05, 0) is 264 Å². The molecule has 25 heteroatoms. The predicted molar refractivity (Wildman–Crippen MR) is 483 cm³/mol. The third kappa shape index (κ3) is 27.2. The Balaban J connectivity index is 0.000000154. The first-order valence-corrected chi connectivity index (χ1v) is 43.3. The second kappa shape index (κ2) is 45.5. The van der Waals surface area contributed by atoms with Gasteiger partial charge in [0.05, 0.1) is 56.3 Å². The fraction of sp³-hybridized carbons (Fsp3) is 0.417. The number of amides is 5. The highest BCUT2D eigenvalue weighted by Crippen LogP contribution is 2.48. The summed E-state index contributed by atoms with van der Waals surface area (Å²) in [6.45, 7) is 5.56. The van der Waals surface area contributed by atoms with E-state index in [1.165, 1.54) is 138 Å². The van der Waals surface area contributed by atoms with E-state index in [-0.39, 0.29) is 127 Å². The molecule has 9 aliphatic rings. The van der Waals surface area contributed by atoms with Crippen LogP contribution in [0.25, 0.3) is 0 Å². The maximum atomic E-state index is 13.1. The fourth-order valence-corrected chi connectivity index (χ4v) is 19.1. The summed E-state index contributed by atoms with van der Waals surface area (Å²) in [7, 11) is 0. The molecule has 8 bridgehead atoms. The molecule has 128 heavy (non-hydrogen) atoms. The smallest absolute Gasteiger partial charge is 0.253 e. The summed E-state index contributed by atoms with van der Waals surface area (Å²) in [4.78, 5) is 83.0. The topological polar surface area (TPSA) is 256 Å². The van der Waals surface area contributed by atoms with Crippen LogP contribution in [-0.4, -0.2) is 84.7 Å². The van der Waals surface area contributed by atoms with Crippen molar-refractivity contribution >= 4 is 29.5 Å². The molecule has 12 atom stereocenters. The minimum absolute atomic E-state index is 0. The average Bonchev–Trinajstić information content (AvgIpc) is 1.35. The standard InChI is InChI=1S/4C20H21FN2O2.C19H21FN2O2.4CH4/c4*21-16-2-1-3-18(10-16)25-12-17-7-6-15(11-22-17)20(24)23-19-9-13-4-5-14(19)8-13;1-19(2)9-16(10-19)22-18(23)13-6-7-15(21-11-13)12-24-17-5-3-4-14(20)8-17;;;;/h4*1-3,6-7,10-11,13-14,19H,4-5,8-9,12H2,(H,23,24);3-8,11,16H,9-10,12H2,1-2H3,(H,22,23);4*1H4/t2*13-,14+,19+;2*13-,14+,19-;;;;;/m1010...../s1. The van der Waals surface area contributed by atoms with Gasteiger partial charge < -0.3 is 50.3 Å². The Hall–Kier alpha value is -12.2. The number of carbonyl (C=O) groups excluding carboxylic acids is 5. The molecule has 0 saturated heterocycles. The molecule has 678 valence electrons. The number of hydrogen-bond donors (Lipinski definition) is 5. The van der Waals surface area contributed by atoms with Gasteiger partial charge in [-0.2, -0.15) is 0 Å². The second-order valence-electron chi connectivity index (χ2n) is 35.2. The molecule has 5 heterocycles. The summed E-state index contributed by atoms with van der Waals surface area (Å²) < 4.78 is 93.1. The average molecular weight is 1750 g/mol. The maximum absolute atomic E-state index is 13.1. The molecule has 9 fully saturated rings. The summed E-state index contributed by atoms with van der Waals surface area (Å²) in [5.74, 6) is 6.11. The molecule has 0 radical (unpaired) electrons. The summed E-state index contributed by atoms with van der Waals surface area (Å²) >= 11 is 0. The Kier molecular flexibility index (Phi) is 34.3. The van der Waals surface area contributed by atoms with Gasteiger partial charge in [0, 0.05) is 91.5 Å². The van der Waals surface area contributed by atoms with Crippen LogP contribution in [0.2, 0.25) is 0 Å². The van der Waals surface area contributed by atoms with Crippen LogP contribution in [-0.2, 0) is 33.0 Å². The van der Waals surface area contributed by atoms with Crippen LogP contribution in [0.15, 0.2) is 213 Å². The van der Waals surface area contributed by atoms with Crippen LogP contribution >= 0.6 is 0 Å². The molecular weight excluding hydrogens is 1630 g/mol. The molecule has 5 aromatic carbocycles. The second-order valence-corrected chi connectivity index (χ2v) is 35.2. The molecule has 19 rings (SSSR count). The lowest BCUT2D eigenvalue weighted by Crippen LogP contribution is -2.48. The van der Waals surface area contributed by atoms with Crippen LogP contribution in [0, 0.1) is 81.8 Å². The van der Waals surface area contributed by atoms with Crippen LogP contribution in [0.4, 0.5) is 22.0 Å². The summed E-state index contributed by atoms with van der Waals surface area (Å²) in [6, 6.07) is 49.1. The molecule has 20 nitrogen and oxygen atoms in total. The van der Waals surface area contributed by atoms with E-state index in [1.807, 2.05) is 0 Å². The highest BCUT2D eigenvalue weighted by Gasteiger charge is 2.44. The lowest BCUT2D eigenvalue weighted by molar-refractivity contribution is 0.0800. The molecule has 5 amide bonds. The Labute approximate surface area is 749 Å². The number of nitrogens with one attached hydrogen (secondary N) is 5. The van der Waals surface area contributed by atoms with Crippen molar-refractivity contribution in [2.75, 3.05) is 0 Å². The fourth-order valence-electron chi connectivity index (χ4n) is 19.1. The number of aromatic nitrogens is 5. The first kappa shape index (κ1) is 96.5. The molecule has 5 aromatic heterocycles. The van der Waals surface area contributed by atoms with Gasteiger partial charge in [-0.15, -0.1) is 0 Å². The molecule has 10 aromatic rings. The van der Waals surface area contributed by atoms with E-state index in [9.17, 15) is 45.9 Å². The monoisotopic (exact) mass is 1750 g/mol. The van der Waals surface area contributed by atoms with Crippen LogP contribution in [0.1, 0.15) is 239 Å². The zero-order chi connectivity index (χ0) is 86.1. The summed E-state index contributed by atoms with van der Waals surface area (Å²) in [5, 5.41) is 15.7. The van der Waals surface area contributed by atoms with E-state index < -0.39 is 0 Å². The van der Waals surface area contributed by atoms with Crippen molar-refractivity contribution in [2.24, 2.45) is 52.8 Å². The number of pyridine rings is 5. The Morgan fingerprint density at radius 2 is 0.508 bits per heavy atom. The molecule has 5 N–H and O–H groups in total. The van der Waals surface area contributed by atoms with Crippen molar-refractivity contribution in [1.29, 1.82) is 0 Å². The zero-order valence-corrected chi connectivity index (χ0v) is 69.7. The number of ether oxygens (including phenoxy) is 5. The van der Waals surface area contributed by atoms with Crippen molar-refractivity contribution in [3.8, 4) is 28.7 Å². The van der Waals surface area contributed by atoms with E-state index in [2.05, 4.69) is 65.4 Å². The van der Waals surface area contributed by atoms with Crippen molar-refractivity contribution in [3.05, 3.63) is 298 Å². The number of halogens is 5. The lowest BCUT2D eigenvalue weighted by Gasteiger charge is -2.42. The van der Waals surface area contributed by atoms with Gasteiger partial charge in [0.2, 0.25) is 0 Å². The lowest BCUT2D eigenvalue weighted by atomic mass is 9.68. The van der Waals surface area contributed by atoms with E-state index in [4.69, 9.17) is 23.7 Å². The van der Waals surface area contributed by atoms with Crippen molar-refractivity contribution in [2.45, 2.75) is 222 Å². The first-order chi connectivity index (χ1) is 60.1. The minimum atomic E-state index is -0.341. The SMILES string of the molecule is C.C.C.C.CC1(C)CC(NC(=O)c2ccc(COc3cccc(F)c3)nc2)C1.O=C(N[C@@H]1C[C@@H]2CC[C@H]1C2)c1ccc(COc2cccc(F)c2)nc1.O=C(N[C@@H]1C[C@H]2CC[C@@H]1C2)c1ccc(COc2cccc(F)c2)nc1.O=C(N[C@H]1C[C@@H]2CC[C@H]1C2)c1ccc(COc2cccc(F)c2)nc1.O=C(N[C@H]1C[C@H]2CC[C@@H]1C2)c1ccc(COc2cccc(F)c2)nc1. The van der Waals surface area contributed by atoms with Crippen molar-refractivity contribution in [1.82, 2.24) is 51.5 Å². The number of rotatable bonds is 25. The van der Waals surface area contributed by atoms with Gasteiger partial charge in [0.1, 0.15) is 90.9 Å². The summed E-state index contributed by atoms with van der Waals surface area (Å²) in [5.41, 5.74) is 6.59. The van der Waals surface area contributed by atoms with Gasteiger partial charge >= 0.3 is 0 Å². The van der Waals surface area contributed by atoms with Gasteiger partial charge in [-0.1, -0.05) is 99.6 Å². The number of fused-ring (bicyclic) bond motifs is 8. The van der Waals surface area contributed by atoms with Gasteiger partial charge in [-0.25, -0.2) is 22.0 Å². The quantitative estimate of drug-likeness (QED) is 0.0333. The third-order valence-electron chi connectivity index (χ3n) is 25.5. The van der Waals surface area contributed by atoms with Crippen LogP contribution < -0.4 is 50.3 Å². The van der Waals surface area contributed by atoms with Crippen molar-refractivity contribution < 1.29 is 69.6 Å². The van der Waals surface area contributed by atoms with Gasteiger partial charge in [0.25, 0.3) is 29.5 Å². The molecule has 0 spiro atoms. The molecular formula is C103H121F5N10O10. The number of carbonyl (C=O) groups is 5. The molecule has 9 saturated carbocycles. The van der Waals surface area contributed by atoms with Gasteiger partial charge in [-0.3, -0.25) is 48.9 Å². The number of nitrogens with zero attached hydrogens (tertiary/aromatic N) is 5. The first-order valence-electron chi connectivity index (χ1n) is 43.3. The predicted octanol–water partition coefficient (Wildman–Crippen LogP) is 21.1. The van der Waals surface area contributed by atoms with E-state index >= 15 is 0 Å². The highest BCUT2D eigenvalue weighted by atomic mass is 19.1. The van der Waals surface area contributed by atoms with E-state index in [1.54, 1.807) is 152 Å². The third-order valence-corrected chi connectivity index (χ3v) is 25.5. The Bertz CT molecular complexity index is 4760. The van der Waals surface area contributed by atoms with Gasteiger partial charge in [0.15, 0.2) is 0 Å². The largest absolute Gasteiger partial charge is 0.487 e. The van der Waals surface area contributed by atoms with Crippen molar-refractivity contribution in [3.63, 3.8) is 0 Å². The number of hydrogen-bond acceptors (Lipinski definition) is 15.